The highest BCUT2D eigenvalue weighted by atomic mass is 32.2. The molecule has 4 rings (SSSR count). The minimum Gasteiger partial charge on any atom is -0.335 e. The van der Waals surface area contributed by atoms with E-state index in [1.54, 1.807) is 24.3 Å². The van der Waals surface area contributed by atoms with Crippen LogP contribution in [-0.2, 0) is 10.0 Å². The molecule has 2 aromatic carbocycles. The lowest BCUT2D eigenvalue weighted by Crippen LogP contribution is -2.37. The topological polar surface area (TPSA) is 66.5 Å². The Hall–Kier alpha value is -2.41. The van der Waals surface area contributed by atoms with E-state index in [1.807, 2.05) is 4.90 Å². The lowest BCUT2D eigenvalue weighted by Gasteiger charge is -2.39. The van der Waals surface area contributed by atoms with E-state index in [0.717, 1.165) is 37.9 Å². The van der Waals surface area contributed by atoms with Gasteiger partial charge in [-0.3, -0.25) is 9.52 Å². The first-order valence-corrected chi connectivity index (χ1v) is 11.6. The first-order chi connectivity index (χ1) is 14.0. The standard InChI is InChI=1S/C23H27FN2O3S/c1-22(2)12-19-13-23(3,14-22)15-26(19)21(27)16-4-8-18(9-5-16)25-30(28,29)20-10-6-17(24)7-11-20/h4-11,19,25H,12-15H2,1-3H3/t19-,23-/m0/s1. The number of sulfonamides is 1. The van der Waals surface area contributed by atoms with Gasteiger partial charge >= 0.3 is 0 Å². The van der Waals surface area contributed by atoms with Crippen LogP contribution < -0.4 is 4.72 Å². The average molecular weight is 431 g/mol. The first kappa shape index (κ1) is 20.8. The van der Waals surface area contributed by atoms with Crippen molar-refractivity contribution in [1.29, 1.82) is 0 Å². The Morgan fingerprint density at radius 3 is 2.30 bits per heavy atom. The maximum Gasteiger partial charge on any atom is 0.261 e. The van der Waals surface area contributed by atoms with Crippen LogP contribution in [-0.4, -0.2) is 31.8 Å². The van der Waals surface area contributed by atoms with Crippen molar-refractivity contribution in [3.63, 3.8) is 0 Å². The molecule has 1 saturated carbocycles. The molecule has 160 valence electrons. The van der Waals surface area contributed by atoms with E-state index in [0.29, 0.717) is 11.3 Å². The highest BCUT2D eigenvalue weighted by Gasteiger charge is 2.51. The van der Waals surface area contributed by atoms with E-state index in [1.165, 1.54) is 12.1 Å². The van der Waals surface area contributed by atoms with Crippen molar-refractivity contribution in [2.24, 2.45) is 10.8 Å². The Balaban J connectivity index is 1.49. The van der Waals surface area contributed by atoms with Crippen LogP contribution in [0.25, 0.3) is 0 Å². The Labute approximate surface area is 177 Å². The number of benzene rings is 2. The largest absolute Gasteiger partial charge is 0.335 e. The molecule has 2 bridgehead atoms. The molecule has 1 heterocycles. The zero-order chi connectivity index (χ0) is 21.7. The van der Waals surface area contributed by atoms with Gasteiger partial charge in [-0.15, -0.1) is 0 Å². The van der Waals surface area contributed by atoms with Crippen molar-refractivity contribution >= 4 is 21.6 Å². The minimum absolute atomic E-state index is 0.00522. The summed E-state index contributed by atoms with van der Waals surface area (Å²) in [4.78, 5) is 15.1. The summed E-state index contributed by atoms with van der Waals surface area (Å²) in [6.07, 6.45) is 3.16. The van der Waals surface area contributed by atoms with E-state index < -0.39 is 15.8 Å². The van der Waals surface area contributed by atoms with Crippen LogP contribution in [0.15, 0.2) is 53.4 Å². The smallest absolute Gasteiger partial charge is 0.261 e. The lowest BCUT2D eigenvalue weighted by molar-refractivity contribution is 0.0708. The number of rotatable bonds is 4. The molecule has 0 aromatic heterocycles. The van der Waals surface area contributed by atoms with Crippen molar-refractivity contribution in [3.05, 3.63) is 59.9 Å². The average Bonchev–Trinajstić information content (AvgIpc) is 2.90. The van der Waals surface area contributed by atoms with E-state index in [-0.39, 0.29) is 27.7 Å². The number of nitrogens with one attached hydrogen (secondary N) is 1. The van der Waals surface area contributed by atoms with Gasteiger partial charge in [-0.1, -0.05) is 20.8 Å². The van der Waals surface area contributed by atoms with E-state index >= 15 is 0 Å². The molecule has 2 aliphatic rings. The first-order valence-electron chi connectivity index (χ1n) is 10.2. The number of nitrogens with zero attached hydrogens (tertiary/aromatic N) is 1. The monoisotopic (exact) mass is 430 g/mol. The molecule has 1 amide bonds. The molecule has 2 aromatic rings. The number of anilines is 1. The molecule has 1 aliphatic heterocycles. The van der Waals surface area contributed by atoms with Gasteiger partial charge in [0.1, 0.15) is 5.82 Å². The fraction of sp³-hybridized carbons (Fsp3) is 0.435. The molecular weight excluding hydrogens is 403 g/mol. The molecule has 1 aliphatic carbocycles. The summed E-state index contributed by atoms with van der Waals surface area (Å²) in [5, 5.41) is 0. The number of carbonyl (C=O) groups excluding carboxylic acids is 1. The summed E-state index contributed by atoms with van der Waals surface area (Å²) in [5.41, 5.74) is 1.29. The van der Waals surface area contributed by atoms with Gasteiger partial charge in [0.15, 0.2) is 0 Å². The summed E-state index contributed by atoms with van der Waals surface area (Å²) in [6.45, 7) is 7.57. The Morgan fingerprint density at radius 1 is 1.03 bits per heavy atom. The van der Waals surface area contributed by atoms with Crippen LogP contribution in [0.2, 0.25) is 0 Å². The van der Waals surface area contributed by atoms with Crippen molar-refractivity contribution in [2.45, 2.75) is 51.0 Å². The zero-order valence-corrected chi connectivity index (χ0v) is 18.3. The Kier molecular flexibility index (Phi) is 4.92. The van der Waals surface area contributed by atoms with Gasteiger partial charge in [0.25, 0.3) is 15.9 Å². The third-order valence-corrected chi connectivity index (χ3v) is 7.58. The van der Waals surface area contributed by atoms with Crippen LogP contribution in [0, 0.1) is 16.6 Å². The third kappa shape index (κ3) is 4.08. The highest BCUT2D eigenvalue weighted by Crippen LogP contribution is 2.52. The van der Waals surface area contributed by atoms with Crippen molar-refractivity contribution in [1.82, 2.24) is 4.90 Å². The number of hydrogen-bond acceptors (Lipinski definition) is 3. The summed E-state index contributed by atoms with van der Waals surface area (Å²) in [6, 6.07) is 11.4. The number of fused-ring (bicyclic) bond motifs is 2. The molecular formula is C23H27FN2O3S. The van der Waals surface area contributed by atoms with Crippen LogP contribution >= 0.6 is 0 Å². The van der Waals surface area contributed by atoms with Gasteiger partial charge in [-0.05, 0) is 78.6 Å². The van der Waals surface area contributed by atoms with Gasteiger partial charge in [0, 0.05) is 23.8 Å². The molecule has 0 unspecified atom stereocenters. The van der Waals surface area contributed by atoms with Crippen molar-refractivity contribution in [3.8, 4) is 0 Å². The second-order valence-electron chi connectivity index (χ2n) is 9.78. The fourth-order valence-electron chi connectivity index (χ4n) is 5.37. The molecule has 5 nitrogen and oxygen atoms in total. The number of hydrogen-bond donors (Lipinski definition) is 1. The van der Waals surface area contributed by atoms with Crippen molar-refractivity contribution in [2.75, 3.05) is 11.3 Å². The number of likely N-dealkylation sites (tertiary alicyclic amines) is 1. The molecule has 7 heteroatoms. The number of amides is 1. The quantitative estimate of drug-likeness (QED) is 0.767. The van der Waals surface area contributed by atoms with Crippen LogP contribution in [0.5, 0.6) is 0 Å². The molecule has 0 spiro atoms. The van der Waals surface area contributed by atoms with Gasteiger partial charge in [0.2, 0.25) is 0 Å². The second-order valence-corrected chi connectivity index (χ2v) is 11.5. The maximum atomic E-state index is 13.1. The van der Waals surface area contributed by atoms with Crippen LogP contribution in [0.1, 0.15) is 50.4 Å². The van der Waals surface area contributed by atoms with Gasteiger partial charge in [-0.2, -0.15) is 0 Å². The molecule has 1 saturated heterocycles. The lowest BCUT2D eigenvalue weighted by atomic mass is 9.65. The molecule has 2 atom stereocenters. The highest BCUT2D eigenvalue weighted by molar-refractivity contribution is 7.92. The molecule has 2 fully saturated rings. The predicted molar refractivity (Wildman–Crippen MR) is 114 cm³/mol. The Bertz CT molecular complexity index is 1060. The zero-order valence-electron chi connectivity index (χ0n) is 17.5. The van der Waals surface area contributed by atoms with E-state index in [2.05, 4.69) is 25.5 Å². The van der Waals surface area contributed by atoms with E-state index in [9.17, 15) is 17.6 Å². The maximum absolute atomic E-state index is 13.1. The minimum atomic E-state index is -3.82. The molecule has 30 heavy (non-hydrogen) atoms. The second kappa shape index (κ2) is 7.08. The third-order valence-electron chi connectivity index (χ3n) is 6.18. The van der Waals surface area contributed by atoms with Crippen molar-refractivity contribution < 1.29 is 17.6 Å². The van der Waals surface area contributed by atoms with Gasteiger partial charge in [0.05, 0.1) is 4.90 Å². The summed E-state index contributed by atoms with van der Waals surface area (Å²) < 4.78 is 40.4. The van der Waals surface area contributed by atoms with Crippen LogP contribution in [0.3, 0.4) is 0 Å². The molecule has 1 N–H and O–H groups in total. The number of halogens is 1. The summed E-state index contributed by atoms with van der Waals surface area (Å²) >= 11 is 0. The van der Waals surface area contributed by atoms with E-state index in [4.69, 9.17) is 0 Å². The fourth-order valence-corrected chi connectivity index (χ4v) is 6.43. The SMILES string of the molecule is CC1(C)C[C@H]2C[C@](C)(CN2C(=O)c2ccc(NS(=O)(=O)c3ccc(F)cc3)cc2)C1. The number of carbonyl (C=O) groups is 1. The van der Waals surface area contributed by atoms with Gasteiger partial charge < -0.3 is 4.90 Å². The molecule has 0 radical (unpaired) electrons. The predicted octanol–water partition coefficient (Wildman–Crippen LogP) is 4.67. The summed E-state index contributed by atoms with van der Waals surface area (Å²) in [5.74, 6) is -0.505. The Morgan fingerprint density at radius 2 is 1.67 bits per heavy atom. The summed E-state index contributed by atoms with van der Waals surface area (Å²) in [7, 11) is -3.82. The van der Waals surface area contributed by atoms with Crippen LogP contribution in [0.4, 0.5) is 10.1 Å². The van der Waals surface area contributed by atoms with Gasteiger partial charge in [-0.25, -0.2) is 12.8 Å². The normalized spacial score (nSPS) is 25.2.